The van der Waals surface area contributed by atoms with E-state index in [4.69, 9.17) is 9.31 Å². The molecule has 0 bridgehead atoms. The molecule has 0 aliphatic carbocycles. The topological polar surface area (TPSA) is 18.5 Å². The molecule has 0 spiro atoms. The van der Waals surface area contributed by atoms with Gasteiger partial charge in [0.2, 0.25) is 0 Å². The van der Waals surface area contributed by atoms with Crippen LogP contribution in [0, 0.1) is 0 Å². The standard InChI is InChI=1S/C21H25BO2S/c1-20(2)21(3,4)24-22(23-20)19(15-25)14-16-9-8-12-18(13-16)17-10-6-5-7-11-17/h5-14,25H,15H2,1-4H3. The first-order chi connectivity index (χ1) is 11.8. The predicted molar refractivity (Wildman–Crippen MR) is 110 cm³/mol. The first kappa shape index (κ1) is 18.3. The van der Waals surface area contributed by atoms with E-state index < -0.39 is 0 Å². The minimum absolute atomic E-state index is 0.342. The van der Waals surface area contributed by atoms with Crippen molar-refractivity contribution in [1.82, 2.24) is 0 Å². The molecule has 0 atom stereocenters. The van der Waals surface area contributed by atoms with Gasteiger partial charge in [-0.25, -0.2) is 0 Å². The quantitative estimate of drug-likeness (QED) is 0.595. The number of thiol groups is 1. The van der Waals surface area contributed by atoms with Gasteiger partial charge >= 0.3 is 7.12 Å². The minimum atomic E-state index is -0.358. The minimum Gasteiger partial charge on any atom is -0.400 e. The summed E-state index contributed by atoms with van der Waals surface area (Å²) in [4.78, 5) is 0. The Bertz CT molecular complexity index is 752. The summed E-state index contributed by atoms with van der Waals surface area (Å²) in [6, 6.07) is 18.9. The average molecular weight is 352 g/mol. The molecule has 1 aliphatic rings. The first-order valence-corrected chi connectivity index (χ1v) is 9.28. The van der Waals surface area contributed by atoms with Crippen molar-refractivity contribution in [2.24, 2.45) is 0 Å². The van der Waals surface area contributed by atoms with Gasteiger partial charge in [0, 0.05) is 5.75 Å². The summed E-state index contributed by atoms with van der Waals surface area (Å²) in [5.74, 6) is 0.590. The molecule has 0 aromatic heterocycles. The van der Waals surface area contributed by atoms with E-state index in [1.165, 1.54) is 11.1 Å². The van der Waals surface area contributed by atoms with Crippen LogP contribution in [-0.2, 0) is 9.31 Å². The van der Waals surface area contributed by atoms with Crippen LogP contribution in [0.25, 0.3) is 17.2 Å². The summed E-state index contributed by atoms with van der Waals surface area (Å²) in [5, 5.41) is 0. The van der Waals surface area contributed by atoms with Gasteiger partial charge in [0.05, 0.1) is 11.2 Å². The Morgan fingerprint density at radius 1 is 0.920 bits per heavy atom. The third kappa shape index (κ3) is 3.86. The van der Waals surface area contributed by atoms with Gasteiger partial charge in [0.25, 0.3) is 0 Å². The van der Waals surface area contributed by atoms with Crippen molar-refractivity contribution < 1.29 is 9.31 Å². The molecule has 25 heavy (non-hydrogen) atoms. The van der Waals surface area contributed by atoms with Crippen molar-refractivity contribution in [2.75, 3.05) is 5.75 Å². The summed E-state index contributed by atoms with van der Waals surface area (Å²) in [5.41, 5.74) is 3.88. The largest absolute Gasteiger partial charge is 0.491 e. The molecule has 1 saturated heterocycles. The van der Waals surface area contributed by atoms with Crippen LogP contribution in [0.1, 0.15) is 33.3 Å². The number of benzene rings is 2. The van der Waals surface area contributed by atoms with Gasteiger partial charge in [-0.2, -0.15) is 12.6 Å². The normalized spacial score (nSPS) is 19.2. The summed E-state index contributed by atoms with van der Waals surface area (Å²) in [6.45, 7) is 8.27. The van der Waals surface area contributed by atoms with E-state index >= 15 is 0 Å². The maximum atomic E-state index is 6.16. The van der Waals surface area contributed by atoms with E-state index in [0.717, 1.165) is 11.0 Å². The van der Waals surface area contributed by atoms with Gasteiger partial charge in [-0.3, -0.25) is 0 Å². The zero-order valence-electron chi connectivity index (χ0n) is 15.3. The lowest BCUT2D eigenvalue weighted by Gasteiger charge is -2.32. The van der Waals surface area contributed by atoms with E-state index in [9.17, 15) is 0 Å². The van der Waals surface area contributed by atoms with Gasteiger partial charge < -0.3 is 9.31 Å². The molecule has 2 nitrogen and oxygen atoms in total. The lowest BCUT2D eigenvalue weighted by molar-refractivity contribution is 0.00578. The Hall–Kier alpha value is -1.49. The number of hydrogen-bond acceptors (Lipinski definition) is 3. The first-order valence-electron chi connectivity index (χ1n) is 8.65. The Balaban J connectivity index is 1.89. The lowest BCUT2D eigenvalue weighted by Crippen LogP contribution is -2.41. The molecular formula is C21H25BO2S. The Morgan fingerprint density at radius 3 is 2.12 bits per heavy atom. The van der Waals surface area contributed by atoms with Crippen LogP contribution < -0.4 is 0 Å². The Labute approximate surface area is 156 Å². The zero-order chi connectivity index (χ0) is 18.1. The van der Waals surface area contributed by atoms with Crippen LogP contribution in [0.15, 0.2) is 60.1 Å². The van der Waals surface area contributed by atoms with Crippen molar-refractivity contribution in [1.29, 1.82) is 0 Å². The average Bonchev–Trinajstić information content (AvgIpc) is 2.81. The molecule has 0 amide bonds. The van der Waals surface area contributed by atoms with Gasteiger partial charge in [0.1, 0.15) is 0 Å². The molecule has 2 aromatic carbocycles. The molecule has 0 N–H and O–H groups in total. The molecule has 0 radical (unpaired) electrons. The molecule has 130 valence electrons. The van der Waals surface area contributed by atoms with Gasteiger partial charge in [-0.1, -0.05) is 54.6 Å². The lowest BCUT2D eigenvalue weighted by atomic mass is 9.78. The highest BCUT2D eigenvalue weighted by atomic mass is 32.1. The predicted octanol–water partition coefficient (Wildman–Crippen LogP) is 5.30. The monoisotopic (exact) mass is 352 g/mol. The smallest absolute Gasteiger partial charge is 0.400 e. The molecule has 4 heteroatoms. The highest BCUT2D eigenvalue weighted by Crippen LogP contribution is 2.39. The fraction of sp³-hybridized carbons (Fsp3) is 0.333. The molecule has 0 saturated carbocycles. The van der Waals surface area contributed by atoms with Crippen molar-refractivity contribution >= 4 is 25.8 Å². The fourth-order valence-electron chi connectivity index (χ4n) is 2.84. The van der Waals surface area contributed by atoms with Crippen LogP contribution in [0.2, 0.25) is 0 Å². The molecule has 2 aromatic rings. The van der Waals surface area contributed by atoms with E-state index in [1.807, 2.05) is 6.07 Å². The molecular weight excluding hydrogens is 327 g/mol. The van der Waals surface area contributed by atoms with E-state index in [-0.39, 0.29) is 18.3 Å². The van der Waals surface area contributed by atoms with Gasteiger partial charge in [-0.05, 0) is 55.9 Å². The maximum absolute atomic E-state index is 6.16. The van der Waals surface area contributed by atoms with Crippen LogP contribution in [-0.4, -0.2) is 24.1 Å². The second-order valence-corrected chi connectivity index (χ2v) is 7.77. The van der Waals surface area contributed by atoms with Crippen LogP contribution in [0.3, 0.4) is 0 Å². The van der Waals surface area contributed by atoms with Crippen molar-refractivity contribution in [3.63, 3.8) is 0 Å². The van der Waals surface area contributed by atoms with Crippen LogP contribution in [0.4, 0.5) is 0 Å². The van der Waals surface area contributed by atoms with E-state index in [1.54, 1.807) is 0 Å². The van der Waals surface area contributed by atoms with Gasteiger partial charge in [0.15, 0.2) is 0 Å². The Morgan fingerprint density at radius 2 is 1.52 bits per heavy atom. The highest BCUT2D eigenvalue weighted by Gasteiger charge is 2.52. The van der Waals surface area contributed by atoms with Crippen LogP contribution >= 0.6 is 12.6 Å². The molecule has 0 unspecified atom stereocenters. The number of rotatable bonds is 4. The summed E-state index contributed by atoms with van der Waals surface area (Å²) in [6.07, 6.45) is 2.13. The second kappa shape index (κ2) is 7.03. The molecule has 3 rings (SSSR count). The molecule has 1 heterocycles. The van der Waals surface area contributed by atoms with Crippen LogP contribution in [0.5, 0.6) is 0 Å². The summed E-state index contributed by atoms with van der Waals surface area (Å²) in [7, 11) is -0.358. The summed E-state index contributed by atoms with van der Waals surface area (Å²) < 4.78 is 12.3. The fourth-order valence-corrected chi connectivity index (χ4v) is 3.08. The number of hydrogen-bond donors (Lipinski definition) is 1. The maximum Gasteiger partial charge on any atom is 0.491 e. The van der Waals surface area contributed by atoms with Crippen molar-refractivity contribution in [3.8, 4) is 11.1 Å². The van der Waals surface area contributed by atoms with E-state index in [0.29, 0.717) is 5.75 Å². The molecule has 1 fully saturated rings. The van der Waals surface area contributed by atoms with E-state index in [2.05, 4.69) is 94.9 Å². The zero-order valence-corrected chi connectivity index (χ0v) is 16.2. The molecule has 1 aliphatic heterocycles. The highest BCUT2D eigenvalue weighted by molar-refractivity contribution is 7.80. The van der Waals surface area contributed by atoms with Crippen molar-refractivity contribution in [2.45, 2.75) is 38.9 Å². The summed E-state index contributed by atoms with van der Waals surface area (Å²) >= 11 is 4.50. The van der Waals surface area contributed by atoms with Gasteiger partial charge in [-0.15, -0.1) is 0 Å². The second-order valence-electron chi connectivity index (χ2n) is 7.46. The third-order valence-electron chi connectivity index (χ3n) is 5.08. The third-order valence-corrected chi connectivity index (χ3v) is 5.45. The van der Waals surface area contributed by atoms with Crippen molar-refractivity contribution in [3.05, 3.63) is 65.6 Å². The SMILES string of the molecule is CC1(C)OB(C(=Cc2cccc(-c3ccccc3)c2)CS)OC1(C)C. The Kier molecular flexibility index (Phi) is 5.15.